The number of hydrogen-bond donors (Lipinski definition) is 1. The molecule has 0 amide bonds. The number of hydrogen-bond acceptors (Lipinski definition) is 5. The number of halogens is 1. The molecular formula is C11H8BrN3O2S. The molecule has 0 radical (unpaired) electrons. The summed E-state index contributed by atoms with van der Waals surface area (Å²) in [6.45, 7) is 0. The molecule has 7 heteroatoms. The van der Waals surface area contributed by atoms with E-state index in [4.69, 9.17) is 5.11 Å². The molecule has 0 unspecified atom stereocenters. The average molecular weight is 326 g/mol. The Morgan fingerprint density at radius 2 is 2.17 bits per heavy atom. The van der Waals surface area contributed by atoms with E-state index in [0.29, 0.717) is 11.4 Å². The Kier molecular flexibility index (Phi) is 4.27. The Hall–Kier alpha value is -1.47. The first-order valence-corrected chi connectivity index (χ1v) is 6.71. The third kappa shape index (κ3) is 3.27. The monoisotopic (exact) mass is 325 g/mol. The van der Waals surface area contributed by atoms with Gasteiger partial charge in [-0.25, -0.2) is 19.7 Å². The fraction of sp³-hybridized carbons (Fsp3) is 0.0909. The molecule has 92 valence electrons. The summed E-state index contributed by atoms with van der Waals surface area (Å²) in [6.07, 6.45) is 4.35. The Morgan fingerprint density at radius 3 is 2.83 bits per heavy atom. The summed E-state index contributed by atoms with van der Waals surface area (Å²) in [5.41, 5.74) is 0.620. The van der Waals surface area contributed by atoms with E-state index >= 15 is 0 Å². The van der Waals surface area contributed by atoms with E-state index in [1.54, 1.807) is 6.20 Å². The van der Waals surface area contributed by atoms with Gasteiger partial charge in [0.15, 0.2) is 0 Å². The maximum Gasteiger partial charge on any atom is 0.339 e. The lowest BCUT2D eigenvalue weighted by Crippen LogP contribution is -2.04. The van der Waals surface area contributed by atoms with Crippen molar-refractivity contribution >= 4 is 33.7 Å². The van der Waals surface area contributed by atoms with Crippen LogP contribution in [0.15, 0.2) is 40.4 Å². The van der Waals surface area contributed by atoms with Gasteiger partial charge in [-0.05, 0) is 28.1 Å². The predicted molar refractivity (Wildman–Crippen MR) is 70.5 cm³/mol. The van der Waals surface area contributed by atoms with Gasteiger partial charge >= 0.3 is 5.97 Å². The van der Waals surface area contributed by atoms with Gasteiger partial charge in [0.2, 0.25) is 0 Å². The maximum atomic E-state index is 11.0. The quantitative estimate of drug-likeness (QED) is 0.871. The van der Waals surface area contributed by atoms with Crippen molar-refractivity contribution in [1.82, 2.24) is 15.0 Å². The van der Waals surface area contributed by atoms with Gasteiger partial charge in [-0.3, -0.25) is 0 Å². The smallest absolute Gasteiger partial charge is 0.339 e. The van der Waals surface area contributed by atoms with E-state index < -0.39 is 5.97 Å². The van der Waals surface area contributed by atoms with Crippen LogP contribution in [0.4, 0.5) is 0 Å². The number of carboxylic acid groups (broad SMARTS) is 1. The molecule has 1 N–H and O–H groups in total. The zero-order valence-corrected chi connectivity index (χ0v) is 11.5. The van der Waals surface area contributed by atoms with Crippen LogP contribution in [0.25, 0.3) is 0 Å². The summed E-state index contributed by atoms with van der Waals surface area (Å²) >= 11 is 4.73. The SMILES string of the molecule is O=C(O)c1cncnc1CSc1ccc(Br)cn1. The molecule has 0 aliphatic carbocycles. The van der Waals surface area contributed by atoms with Crippen molar-refractivity contribution in [1.29, 1.82) is 0 Å². The van der Waals surface area contributed by atoms with E-state index in [-0.39, 0.29) is 5.56 Å². The largest absolute Gasteiger partial charge is 0.478 e. The Bertz CT molecular complexity index is 562. The van der Waals surface area contributed by atoms with Gasteiger partial charge in [0, 0.05) is 22.6 Å². The molecule has 0 fully saturated rings. The van der Waals surface area contributed by atoms with Crippen LogP contribution < -0.4 is 0 Å². The standard InChI is InChI=1S/C11H8BrN3O2S/c12-7-1-2-10(14-3-7)18-5-9-8(11(16)17)4-13-6-15-9/h1-4,6H,5H2,(H,16,17). The highest BCUT2D eigenvalue weighted by Gasteiger charge is 2.11. The second-order valence-electron chi connectivity index (χ2n) is 3.29. The number of carbonyl (C=O) groups is 1. The molecule has 18 heavy (non-hydrogen) atoms. The molecule has 0 saturated carbocycles. The molecule has 2 aromatic heterocycles. The fourth-order valence-corrected chi connectivity index (χ4v) is 2.28. The van der Waals surface area contributed by atoms with Crippen molar-refractivity contribution < 1.29 is 9.90 Å². The van der Waals surface area contributed by atoms with Crippen molar-refractivity contribution in [2.45, 2.75) is 10.8 Å². The maximum absolute atomic E-state index is 11.0. The van der Waals surface area contributed by atoms with Crippen LogP contribution in [0.2, 0.25) is 0 Å². The van der Waals surface area contributed by atoms with Crippen molar-refractivity contribution in [2.75, 3.05) is 0 Å². The lowest BCUT2D eigenvalue weighted by Gasteiger charge is -2.03. The summed E-state index contributed by atoms with van der Waals surface area (Å²) in [5, 5.41) is 9.80. The Balaban J connectivity index is 2.10. The summed E-state index contributed by atoms with van der Waals surface area (Å²) in [7, 11) is 0. The summed E-state index contributed by atoms with van der Waals surface area (Å²) in [5.74, 6) is -0.575. The normalized spacial score (nSPS) is 10.3. The van der Waals surface area contributed by atoms with Crippen LogP contribution >= 0.6 is 27.7 Å². The lowest BCUT2D eigenvalue weighted by atomic mass is 10.2. The third-order valence-electron chi connectivity index (χ3n) is 2.08. The van der Waals surface area contributed by atoms with E-state index in [0.717, 1.165) is 9.50 Å². The number of thioether (sulfide) groups is 1. The number of rotatable bonds is 4. The lowest BCUT2D eigenvalue weighted by molar-refractivity contribution is 0.0695. The van der Waals surface area contributed by atoms with Gasteiger partial charge in [-0.15, -0.1) is 11.8 Å². The van der Waals surface area contributed by atoms with Gasteiger partial charge in [-0.1, -0.05) is 0 Å². The number of carboxylic acids is 1. The van der Waals surface area contributed by atoms with Crippen molar-refractivity contribution in [3.8, 4) is 0 Å². The molecule has 0 aliphatic rings. The van der Waals surface area contributed by atoms with Gasteiger partial charge in [0.05, 0.1) is 10.7 Å². The summed E-state index contributed by atoms with van der Waals surface area (Å²) in [4.78, 5) is 22.9. The first kappa shape index (κ1) is 13.0. The van der Waals surface area contributed by atoms with E-state index in [1.807, 2.05) is 12.1 Å². The zero-order chi connectivity index (χ0) is 13.0. The molecular weight excluding hydrogens is 318 g/mol. The second kappa shape index (κ2) is 5.92. The molecule has 5 nitrogen and oxygen atoms in total. The first-order valence-electron chi connectivity index (χ1n) is 4.93. The van der Waals surface area contributed by atoms with Crippen LogP contribution in [-0.2, 0) is 5.75 Å². The highest BCUT2D eigenvalue weighted by molar-refractivity contribution is 9.10. The van der Waals surface area contributed by atoms with E-state index in [9.17, 15) is 4.79 Å². The van der Waals surface area contributed by atoms with Crippen molar-refractivity contribution in [2.24, 2.45) is 0 Å². The predicted octanol–water partition coefficient (Wildman–Crippen LogP) is 2.62. The topological polar surface area (TPSA) is 76.0 Å². The van der Waals surface area contributed by atoms with Crippen LogP contribution in [0.3, 0.4) is 0 Å². The third-order valence-corrected chi connectivity index (χ3v) is 3.51. The van der Waals surface area contributed by atoms with Gasteiger partial charge in [0.1, 0.15) is 11.9 Å². The molecule has 2 rings (SSSR count). The Morgan fingerprint density at radius 1 is 1.33 bits per heavy atom. The first-order chi connectivity index (χ1) is 8.66. The number of aromatic carboxylic acids is 1. The van der Waals surface area contributed by atoms with Crippen LogP contribution in [0, 0.1) is 0 Å². The number of nitrogens with zero attached hydrogens (tertiary/aromatic N) is 3. The van der Waals surface area contributed by atoms with E-state index in [2.05, 4.69) is 30.9 Å². The van der Waals surface area contributed by atoms with Crippen molar-refractivity contribution in [3.63, 3.8) is 0 Å². The van der Waals surface area contributed by atoms with E-state index in [1.165, 1.54) is 24.3 Å². The minimum absolute atomic E-state index is 0.127. The summed E-state index contributed by atoms with van der Waals surface area (Å²) < 4.78 is 0.903. The zero-order valence-electron chi connectivity index (χ0n) is 9.08. The molecule has 0 bridgehead atoms. The highest BCUT2D eigenvalue weighted by Crippen LogP contribution is 2.22. The van der Waals surface area contributed by atoms with Crippen molar-refractivity contribution in [3.05, 3.63) is 46.6 Å². The molecule has 0 atom stereocenters. The molecule has 0 aliphatic heterocycles. The van der Waals surface area contributed by atoms with Gasteiger partial charge < -0.3 is 5.11 Å². The highest BCUT2D eigenvalue weighted by atomic mass is 79.9. The molecule has 2 aromatic rings. The Labute approximate surface area is 116 Å². The van der Waals surface area contributed by atoms with Crippen LogP contribution in [-0.4, -0.2) is 26.0 Å². The van der Waals surface area contributed by atoms with Gasteiger partial charge in [0.25, 0.3) is 0 Å². The molecule has 0 aromatic carbocycles. The number of aromatic nitrogens is 3. The minimum atomic E-state index is -1.02. The fourth-order valence-electron chi connectivity index (χ4n) is 1.24. The average Bonchev–Trinajstić information content (AvgIpc) is 2.38. The molecule has 2 heterocycles. The van der Waals surface area contributed by atoms with Crippen LogP contribution in [0.1, 0.15) is 16.1 Å². The van der Waals surface area contributed by atoms with Crippen LogP contribution in [0.5, 0.6) is 0 Å². The molecule has 0 spiro atoms. The number of pyridine rings is 1. The van der Waals surface area contributed by atoms with Gasteiger partial charge in [-0.2, -0.15) is 0 Å². The molecule has 0 saturated heterocycles. The summed E-state index contributed by atoms with van der Waals surface area (Å²) in [6, 6.07) is 3.74. The second-order valence-corrected chi connectivity index (χ2v) is 5.20. The minimum Gasteiger partial charge on any atom is -0.478 e.